The van der Waals surface area contributed by atoms with Crippen LogP contribution in [0.3, 0.4) is 0 Å². The monoisotopic (exact) mass is 356 g/mol. The lowest BCUT2D eigenvalue weighted by Crippen LogP contribution is -2.35. The summed E-state index contributed by atoms with van der Waals surface area (Å²) >= 11 is 0. The molecule has 2 unspecified atom stereocenters. The van der Waals surface area contributed by atoms with Crippen molar-refractivity contribution in [3.05, 3.63) is 11.4 Å². The zero-order valence-corrected chi connectivity index (χ0v) is 17.3. The van der Waals surface area contributed by atoms with Gasteiger partial charge in [0, 0.05) is 18.1 Å². The molecular weight excluding hydrogens is 322 g/mol. The molecule has 0 saturated carbocycles. The van der Waals surface area contributed by atoms with E-state index in [2.05, 4.69) is 58.0 Å². The van der Waals surface area contributed by atoms with Crippen molar-refractivity contribution in [1.29, 1.82) is 0 Å². The summed E-state index contributed by atoms with van der Waals surface area (Å²) < 4.78 is 19.9. The third kappa shape index (κ3) is 9.35. The van der Waals surface area contributed by atoms with Gasteiger partial charge >= 0.3 is 0 Å². The van der Waals surface area contributed by atoms with Gasteiger partial charge in [-0.2, -0.15) is 0 Å². The normalized spacial score (nSPS) is 15.9. The minimum atomic E-state index is -1.26. The summed E-state index contributed by atoms with van der Waals surface area (Å²) in [4.78, 5) is 3.33. The molecule has 5 nitrogen and oxygen atoms in total. The van der Waals surface area contributed by atoms with Crippen LogP contribution >= 0.6 is 8.53 Å². The number of nitrogens with zero attached hydrogens (tertiary/aromatic N) is 2. The highest BCUT2D eigenvalue weighted by molar-refractivity contribution is 7.44. The molecule has 2 radical (unpaired) electrons. The summed E-state index contributed by atoms with van der Waals surface area (Å²) in [5, 5.41) is 0. The van der Waals surface area contributed by atoms with Crippen molar-refractivity contribution in [3.63, 3.8) is 0 Å². The van der Waals surface area contributed by atoms with Gasteiger partial charge in [0.2, 0.25) is 6.54 Å². The number of ether oxygens (including phenoxy) is 1. The first-order valence-electron chi connectivity index (χ1n) is 8.82. The molecule has 138 valence electrons. The Bertz CT molecular complexity index is 356. The van der Waals surface area contributed by atoms with Crippen LogP contribution in [0.4, 0.5) is 0 Å². The summed E-state index contributed by atoms with van der Waals surface area (Å²) in [6.45, 7) is 22.7. The van der Waals surface area contributed by atoms with Gasteiger partial charge in [0.05, 0.1) is 12.7 Å². The molecular formula is C17H34BN2O3P. The predicted molar refractivity (Wildman–Crippen MR) is 102 cm³/mol. The van der Waals surface area contributed by atoms with E-state index >= 15 is 0 Å². The van der Waals surface area contributed by atoms with Crippen molar-refractivity contribution in [2.45, 2.75) is 79.1 Å². The Morgan fingerprint density at radius 2 is 1.67 bits per heavy atom. The van der Waals surface area contributed by atoms with Crippen LogP contribution in [0.5, 0.6) is 0 Å². The molecule has 0 spiro atoms. The van der Waals surface area contributed by atoms with E-state index in [4.69, 9.17) is 28.2 Å². The smallest absolute Gasteiger partial charge is 0.259 e. The minimum Gasteiger partial charge on any atom is -0.382 e. The molecule has 0 amide bonds. The molecule has 24 heavy (non-hydrogen) atoms. The largest absolute Gasteiger partial charge is 0.382 e. The summed E-state index contributed by atoms with van der Waals surface area (Å²) in [6, 6.07) is 0.0773. The molecule has 7 heteroatoms. The van der Waals surface area contributed by atoms with E-state index in [1.54, 1.807) is 0 Å². The van der Waals surface area contributed by atoms with E-state index in [1.165, 1.54) is 0 Å². The van der Waals surface area contributed by atoms with E-state index < -0.39 is 14.5 Å². The molecule has 0 fully saturated rings. The topological polar surface area (TPSA) is 35.3 Å². The minimum absolute atomic E-state index is 0.129. The van der Waals surface area contributed by atoms with E-state index in [9.17, 15) is 0 Å². The summed E-state index contributed by atoms with van der Waals surface area (Å²) in [7, 11) is 4.82. The maximum atomic E-state index is 6.89. The fourth-order valence-electron chi connectivity index (χ4n) is 2.43. The summed E-state index contributed by atoms with van der Waals surface area (Å²) in [5.41, 5.74) is 0. The van der Waals surface area contributed by atoms with Crippen molar-refractivity contribution in [2.24, 2.45) is 5.92 Å². The fraction of sp³-hybridized carbons (Fsp3) is 0.941. The summed E-state index contributed by atoms with van der Waals surface area (Å²) in [5.74, 6) is 0.417. The average molecular weight is 356 g/mol. The molecule has 0 bridgehead atoms. The number of rotatable bonds is 13. The Balaban J connectivity index is 4.72. The first kappa shape index (κ1) is 23.8. The van der Waals surface area contributed by atoms with E-state index in [0.717, 1.165) is 6.42 Å². The molecule has 0 aliphatic carbocycles. The Hall–Kier alpha value is -0.175. The molecule has 0 aromatic heterocycles. The molecule has 0 saturated heterocycles. The molecule has 0 heterocycles. The highest BCUT2D eigenvalue weighted by Gasteiger charge is 2.28. The molecule has 0 aromatic carbocycles. The van der Waals surface area contributed by atoms with Gasteiger partial charge in [-0.3, -0.25) is 0 Å². The lowest BCUT2D eigenvalue weighted by Gasteiger charge is -2.36. The van der Waals surface area contributed by atoms with E-state index in [-0.39, 0.29) is 24.8 Å². The molecule has 0 aliphatic heterocycles. The Labute approximate surface area is 151 Å². The summed E-state index contributed by atoms with van der Waals surface area (Å²) in [6.07, 6.45) is 1.05. The van der Waals surface area contributed by atoms with Gasteiger partial charge in [-0.25, -0.2) is 11.2 Å². The molecule has 0 rings (SSSR count). The third-order valence-electron chi connectivity index (χ3n) is 3.50. The Morgan fingerprint density at radius 1 is 1.08 bits per heavy atom. The van der Waals surface area contributed by atoms with E-state index in [1.807, 2.05) is 0 Å². The van der Waals surface area contributed by atoms with Gasteiger partial charge in [-0.15, -0.1) is 0 Å². The van der Waals surface area contributed by atoms with Crippen molar-refractivity contribution < 1.29 is 13.8 Å². The maximum absolute atomic E-state index is 6.89. The van der Waals surface area contributed by atoms with Crippen LogP contribution in [0.25, 0.3) is 4.85 Å². The quantitative estimate of drug-likeness (QED) is 0.214. The highest BCUT2D eigenvalue weighted by atomic mass is 31.2. The second kappa shape index (κ2) is 13.1. The van der Waals surface area contributed by atoms with Gasteiger partial charge in [0.25, 0.3) is 8.53 Å². The lowest BCUT2D eigenvalue weighted by molar-refractivity contribution is -0.0193. The second-order valence-corrected chi connectivity index (χ2v) is 8.14. The van der Waals surface area contributed by atoms with Gasteiger partial charge in [-0.1, -0.05) is 20.8 Å². The first-order valence-corrected chi connectivity index (χ1v) is 9.95. The molecule has 0 aromatic rings. The maximum Gasteiger partial charge on any atom is 0.259 e. The van der Waals surface area contributed by atoms with Gasteiger partial charge in [0.1, 0.15) is 14.5 Å². The Kier molecular flexibility index (Phi) is 13.0. The van der Waals surface area contributed by atoms with Crippen LogP contribution in [-0.4, -0.2) is 56.5 Å². The van der Waals surface area contributed by atoms with Gasteiger partial charge in [-0.05, 0) is 40.0 Å². The average Bonchev–Trinajstić information content (AvgIpc) is 2.49. The van der Waals surface area contributed by atoms with E-state index in [0.29, 0.717) is 19.1 Å². The zero-order valence-electron chi connectivity index (χ0n) is 16.4. The number of hydrogen-bond acceptors (Lipinski definition) is 4. The van der Waals surface area contributed by atoms with Crippen molar-refractivity contribution in [3.8, 4) is 0 Å². The van der Waals surface area contributed by atoms with Crippen LogP contribution in [-0.2, 0) is 13.8 Å². The number of hydrogen-bond donors (Lipinski definition) is 0. The Morgan fingerprint density at radius 3 is 2.08 bits per heavy atom. The van der Waals surface area contributed by atoms with Crippen molar-refractivity contribution >= 4 is 16.4 Å². The van der Waals surface area contributed by atoms with Crippen LogP contribution in [0.1, 0.15) is 54.9 Å². The van der Waals surface area contributed by atoms with Crippen molar-refractivity contribution in [2.75, 3.05) is 19.8 Å². The molecule has 3 atom stereocenters. The van der Waals surface area contributed by atoms with Gasteiger partial charge < -0.3 is 18.6 Å². The lowest BCUT2D eigenvalue weighted by atomic mass is 9.99. The molecule has 0 aliphatic rings. The second-order valence-electron chi connectivity index (χ2n) is 6.68. The third-order valence-corrected chi connectivity index (χ3v) is 5.57. The highest BCUT2D eigenvalue weighted by Crippen LogP contribution is 2.45. The first-order chi connectivity index (χ1) is 11.2. The predicted octanol–water partition coefficient (Wildman–Crippen LogP) is 4.23. The van der Waals surface area contributed by atoms with Crippen LogP contribution in [0, 0.1) is 12.5 Å². The van der Waals surface area contributed by atoms with Crippen LogP contribution in [0.15, 0.2) is 0 Å². The van der Waals surface area contributed by atoms with Gasteiger partial charge in [0.15, 0.2) is 0 Å². The SMILES string of the molecule is [B]C(COP(OCC[N+]#[C-])N(C(C)C)C(C)C)O[C@H](CC)C(C)C. The van der Waals surface area contributed by atoms with Crippen LogP contribution in [0.2, 0.25) is 0 Å². The standard InChI is InChI=1S/C17H34BN2O3P/c1-9-16(13(2)3)23-17(18)12-22-24(21-11-10-19-8)20(14(4)5)15(6)7/h13-17H,9-12H2,1-7H3/t16-,17?,24?/m1/s1. The molecule has 0 N–H and O–H groups in total. The van der Waals surface area contributed by atoms with Crippen LogP contribution < -0.4 is 0 Å². The van der Waals surface area contributed by atoms with Crippen molar-refractivity contribution in [1.82, 2.24) is 4.67 Å². The zero-order chi connectivity index (χ0) is 18.7. The fourth-order valence-corrected chi connectivity index (χ4v) is 4.04.